The molecule has 4 heterocycles. The van der Waals surface area contributed by atoms with E-state index in [2.05, 4.69) is 84.9 Å². The van der Waals surface area contributed by atoms with E-state index in [1.807, 2.05) is 12.1 Å². The Hall–Kier alpha value is -4.08. The summed E-state index contributed by atoms with van der Waals surface area (Å²) in [6.07, 6.45) is 1.51. The summed E-state index contributed by atoms with van der Waals surface area (Å²) in [6.45, 7) is 5.33. The van der Waals surface area contributed by atoms with Gasteiger partial charge in [0.15, 0.2) is 0 Å². The average Bonchev–Trinajstić information content (AvgIpc) is 3.90. The van der Waals surface area contributed by atoms with E-state index in [1.54, 1.807) is 0 Å². The molecule has 4 atom stereocenters. The Labute approximate surface area is 269 Å². The van der Waals surface area contributed by atoms with Crippen LogP contribution in [-0.2, 0) is 30.8 Å². The topological polar surface area (TPSA) is 87.0 Å². The molecule has 4 aliphatic rings. The van der Waals surface area contributed by atoms with Gasteiger partial charge in [-0.25, -0.2) is 0 Å². The van der Waals surface area contributed by atoms with Gasteiger partial charge in [0.25, 0.3) is 0 Å². The van der Waals surface area contributed by atoms with Crippen molar-refractivity contribution in [3.63, 3.8) is 0 Å². The van der Waals surface area contributed by atoms with E-state index >= 15 is 0 Å². The summed E-state index contributed by atoms with van der Waals surface area (Å²) in [5.41, 5.74) is 4.08. The van der Waals surface area contributed by atoms with Gasteiger partial charge < -0.3 is 37.9 Å². The minimum Gasteiger partial charge on any atom is -0.491 e. The molecule has 4 saturated heterocycles. The fourth-order valence-corrected chi connectivity index (χ4v) is 5.74. The third kappa shape index (κ3) is 7.32. The lowest BCUT2D eigenvalue weighted by Crippen LogP contribution is -2.32. The molecule has 4 aromatic carbocycles. The van der Waals surface area contributed by atoms with Gasteiger partial charge in [-0.2, -0.15) is 0 Å². The maximum absolute atomic E-state index is 6.02. The summed E-state index contributed by atoms with van der Waals surface area (Å²) in [5, 5.41) is 0. The number of hydrogen-bond donors (Lipinski definition) is 0. The maximum Gasteiger partial charge on any atom is 0.119 e. The molecular formula is C38H38O8. The zero-order valence-electron chi connectivity index (χ0n) is 25.7. The van der Waals surface area contributed by atoms with E-state index in [1.165, 1.54) is 5.56 Å². The van der Waals surface area contributed by atoms with Crippen LogP contribution in [0.5, 0.6) is 23.0 Å². The van der Waals surface area contributed by atoms with Crippen molar-refractivity contribution >= 4 is 0 Å². The van der Waals surface area contributed by atoms with Crippen LogP contribution in [0.15, 0.2) is 97.1 Å². The summed E-state index contributed by atoms with van der Waals surface area (Å²) in [4.78, 5) is 0. The van der Waals surface area contributed by atoms with E-state index in [4.69, 9.17) is 37.9 Å². The second-order valence-electron chi connectivity index (χ2n) is 12.4. The lowest BCUT2D eigenvalue weighted by atomic mass is 9.66. The van der Waals surface area contributed by atoms with Crippen LogP contribution < -0.4 is 18.9 Å². The monoisotopic (exact) mass is 622 g/mol. The maximum atomic E-state index is 6.02. The van der Waals surface area contributed by atoms with Crippen molar-refractivity contribution in [3.05, 3.63) is 119 Å². The molecule has 8 rings (SSSR count). The SMILES string of the molecule is c1cc(OCC2CO2)ccc1CC(c1ccc(OCC2CO2)cc1)(c1ccc(OCC2CO2)cc1)c1ccc(OCC2CO2)cc1. The van der Waals surface area contributed by atoms with Crippen molar-refractivity contribution in [2.75, 3.05) is 52.9 Å². The summed E-state index contributed by atoms with van der Waals surface area (Å²) in [6, 6.07) is 33.9. The van der Waals surface area contributed by atoms with Crippen LogP contribution in [0, 0.1) is 0 Å². The van der Waals surface area contributed by atoms with Gasteiger partial charge in [0.1, 0.15) is 73.8 Å². The number of epoxide rings is 4. The molecule has 0 N–H and O–H groups in total. The molecule has 0 radical (unpaired) electrons. The molecule has 46 heavy (non-hydrogen) atoms. The van der Waals surface area contributed by atoms with Crippen molar-refractivity contribution in [3.8, 4) is 23.0 Å². The average molecular weight is 623 g/mol. The normalized spacial score (nSPS) is 23.6. The highest BCUT2D eigenvalue weighted by molar-refractivity contribution is 5.54. The van der Waals surface area contributed by atoms with Crippen molar-refractivity contribution in [2.45, 2.75) is 36.3 Å². The highest BCUT2D eigenvalue weighted by Gasteiger charge is 2.37. The Bertz CT molecular complexity index is 1430. The van der Waals surface area contributed by atoms with Gasteiger partial charge in [-0.15, -0.1) is 0 Å². The molecule has 4 unspecified atom stereocenters. The quantitative estimate of drug-likeness (QED) is 0.115. The van der Waals surface area contributed by atoms with Crippen LogP contribution in [0.2, 0.25) is 0 Å². The van der Waals surface area contributed by atoms with Gasteiger partial charge in [-0.3, -0.25) is 0 Å². The van der Waals surface area contributed by atoms with Crippen LogP contribution in [0.1, 0.15) is 22.3 Å². The Kier molecular flexibility index (Phi) is 8.27. The molecular weight excluding hydrogens is 584 g/mol. The van der Waals surface area contributed by atoms with Crippen LogP contribution >= 0.6 is 0 Å². The van der Waals surface area contributed by atoms with Gasteiger partial charge in [0.05, 0.1) is 26.4 Å². The fraction of sp³-hybridized carbons (Fsp3) is 0.368. The van der Waals surface area contributed by atoms with E-state index in [-0.39, 0.29) is 24.4 Å². The molecule has 4 fully saturated rings. The van der Waals surface area contributed by atoms with Crippen LogP contribution in [0.3, 0.4) is 0 Å². The number of rotatable bonds is 17. The predicted octanol–water partition coefficient (Wildman–Crippen LogP) is 5.37. The Morgan fingerprint density at radius 3 is 0.935 bits per heavy atom. The van der Waals surface area contributed by atoms with Gasteiger partial charge in [-0.05, 0) is 77.2 Å². The second-order valence-corrected chi connectivity index (χ2v) is 12.4. The summed E-state index contributed by atoms with van der Waals surface area (Å²) in [7, 11) is 0. The minimum absolute atomic E-state index is 0.196. The minimum atomic E-state index is -0.543. The van der Waals surface area contributed by atoms with Gasteiger partial charge >= 0.3 is 0 Å². The van der Waals surface area contributed by atoms with Gasteiger partial charge in [0, 0.05) is 5.41 Å². The van der Waals surface area contributed by atoms with E-state index < -0.39 is 5.41 Å². The highest BCUT2D eigenvalue weighted by Crippen LogP contribution is 2.44. The van der Waals surface area contributed by atoms with Crippen molar-refractivity contribution in [1.82, 2.24) is 0 Å². The van der Waals surface area contributed by atoms with Crippen molar-refractivity contribution in [2.24, 2.45) is 0 Å². The zero-order chi connectivity index (χ0) is 30.8. The first-order valence-corrected chi connectivity index (χ1v) is 16.1. The molecule has 0 spiro atoms. The molecule has 0 saturated carbocycles. The van der Waals surface area contributed by atoms with Gasteiger partial charge in [-0.1, -0.05) is 48.5 Å². The van der Waals surface area contributed by atoms with Crippen molar-refractivity contribution in [1.29, 1.82) is 0 Å². The lowest BCUT2D eigenvalue weighted by Gasteiger charge is -2.37. The summed E-state index contributed by atoms with van der Waals surface area (Å²) in [5.74, 6) is 3.32. The standard InChI is InChI=1S/C38H38O8/c1-9-30(39-18-34-22-43-34)10-2-26(1)17-38(27-3-11-31(12-4-27)40-19-35-23-44-35,28-5-13-32(14-6-28)41-20-36-24-45-36)29-7-15-33(16-8-29)42-21-37-25-46-37/h1-16,34-37H,17-25H2. The Morgan fingerprint density at radius 2 is 0.674 bits per heavy atom. The molecule has 4 aliphatic heterocycles. The Balaban J connectivity index is 1.15. The molecule has 4 aromatic rings. The van der Waals surface area contributed by atoms with E-state index in [9.17, 15) is 0 Å². The third-order valence-electron chi connectivity index (χ3n) is 8.79. The van der Waals surface area contributed by atoms with Crippen LogP contribution in [0.25, 0.3) is 0 Å². The first-order valence-electron chi connectivity index (χ1n) is 16.1. The van der Waals surface area contributed by atoms with E-state index in [0.717, 1.165) is 66.1 Å². The molecule has 0 bridgehead atoms. The van der Waals surface area contributed by atoms with Crippen LogP contribution in [-0.4, -0.2) is 77.3 Å². The Morgan fingerprint density at radius 1 is 0.413 bits per heavy atom. The predicted molar refractivity (Wildman–Crippen MR) is 170 cm³/mol. The second kappa shape index (κ2) is 13.0. The molecule has 238 valence electrons. The lowest BCUT2D eigenvalue weighted by molar-refractivity contribution is 0.262. The summed E-state index contributed by atoms with van der Waals surface area (Å²) < 4.78 is 45.3. The third-order valence-corrected chi connectivity index (χ3v) is 8.79. The van der Waals surface area contributed by atoms with E-state index in [0.29, 0.717) is 32.8 Å². The molecule has 0 amide bonds. The molecule has 8 nitrogen and oxygen atoms in total. The largest absolute Gasteiger partial charge is 0.491 e. The smallest absolute Gasteiger partial charge is 0.119 e. The van der Waals surface area contributed by atoms with Crippen molar-refractivity contribution < 1.29 is 37.9 Å². The number of hydrogen-bond acceptors (Lipinski definition) is 8. The molecule has 0 aliphatic carbocycles. The first-order chi connectivity index (χ1) is 22.7. The summed E-state index contributed by atoms with van der Waals surface area (Å²) >= 11 is 0. The zero-order valence-corrected chi connectivity index (χ0v) is 25.7. The number of benzene rings is 4. The first kappa shape index (κ1) is 29.3. The fourth-order valence-electron chi connectivity index (χ4n) is 5.74. The van der Waals surface area contributed by atoms with Gasteiger partial charge in [0.2, 0.25) is 0 Å². The molecule has 0 aromatic heterocycles. The van der Waals surface area contributed by atoms with Crippen LogP contribution in [0.4, 0.5) is 0 Å². The number of ether oxygens (including phenoxy) is 8. The molecule has 8 heteroatoms. The highest BCUT2D eigenvalue weighted by atomic mass is 16.6.